The number of halogens is 2. The van der Waals surface area contributed by atoms with Crippen LogP contribution in [-0.4, -0.2) is 28.1 Å². The Kier molecular flexibility index (Phi) is 3.24. The van der Waals surface area contributed by atoms with Gasteiger partial charge in [0, 0.05) is 23.7 Å². The summed E-state index contributed by atoms with van der Waals surface area (Å²) in [6.45, 7) is 1.83. The molecule has 2 heterocycles. The molecule has 3 rings (SSSR count). The van der Waals surface area contributed by atoms with Crippen molar-refractivity contribution >= 4 is 5.97 Å². The van der Waals surface area contributed by atoms with Gasteiger partial charge < -0.3 is 5.11 Å². The molecule has 1 aromatic carbocycles. The van der Waals surface area contributed by atoms with Crippen molar-refractivity contribution in [3.05, 3.63) is 35.4 Å². The number of nitrogens with zero attached hydrogens (tertiary/aromatic N) is 1. The van der Waals surface area contributed by atoms with Crippen LogP contribution in [0.4, 0.5) is 8.78 Å². The maximum absolute atomic E-state index is 13.9. The zero-order valence-corrected chi connectivity index (χ0v) is 11.2. The van der Waals surface area contributed by atoms with Crippen molar-refractivity contribution in [2.45, 2.75) is 44.3 Å². The van der Waals surface area contributed by atoms with Gasteiger partial charge in [-0.05, 0) is 44.4 Å². The first kappa shape index (κ1) is 13.5. The van der Waals surface area contributed by atoms with Crippen LogP contribution in [0.3, 0.4) is 0 Å². The Hall–Kier alpha value is -1.49. The lowest BCUT2D eigenvalue weighted by Crippen LogP contribution is -2.35. The standard InChI is InChI=1S/C15H17F2NO2/c1-8(11-6-9(16)2-4-13(11)17)18-10-3-5-14(18)12(7-10)15(19)20/h2,4,6,8,10,12,14H,3,5,7H2,1H3,(H,19,20). The Morgan fingerprint density at radius 2 is 2.15 bits per heavy atom. The lowest BCUT2D eigenvalue weighted by molar-refractivity contribution is -0.142. The molecule has 2 fully saturated rings. The summed E-state index contributed by atoms with van der Waals surface area (Å²) in [5, 5.41) is 9.24. The molecular formula is C15H17F2NO2. The first-order chi connectivity index (χ1) is 9.49. The Morgan fingerprint density at radius 1 is 1.40 bits per heavy atom. The summed E-state index contributed by atoms with van der Waals surface area (Å²) in [6, 6.07) is 3.26. The second-order valence-electron chi connectivity index (χ2n) is 5.77. The van der Waals surface area contributed by atoms with Gasteiger partial charge in [-0.3, -0.25) is 9.69 Å². The van der Waals surface area contributed by atoms with Crippen molar-refractivity contribution < 1.29 is 18.7 Å². The fourth-order valence-electron chi connectivity index (χ4n) is 3.90. The third kappa shape index (κ3) is 2.00. The summed E-state index contributed by atoms with van der Waals surface area (Å²) in [6.07, 6.45) is 2.37. The van der Waals surface area contributed by atoms with Crippen LogP contribution in [0.2, 0.25) is 0 Å². The molecule has 2 aliphatic heterocycles. The highest BCUT2D eigenvalue weighted by molar-refractivity contribution is 5.71. The molecule has 4 unspecified atom stereocenters. The number of carboxylic acid groups (broad SMARTS) is 1. The Labute approximate surface area is 116 Å². The van der Waals surface area contributed by atoms with Crippen LogP contribution in [0.15, 0.2) is 18.2 Å². The summed E-state index contributed by atoms with van der Waals surface area (Å²) < 4.78 is 27.2. The van der Waals surface area contributed by atoms with Gasteiger partial charge in [0.15, 0.2) is 0 Å². The van der Waals surface area contributed by atoms with Gasteiger partial charge in [0.25, 0.3) is 0 Å². The lowest BCUT2D eigenvalue weighted by atomic mass is 9.89. The van der Waals surface area contributed by atoms with Gasteiger partial charge in [-0.15, -0.1) is 0 Å². The van der Waals surface area contributed by atoms with Crippen LogP contribution in [0.1, 0.15) is 37.8 Å². The monoisotopic (exact) mass is 281 g/mol. The van der Waals surface area contributed by atoms with Crippen LogP contribution >= 0.6 is 0 Å². The van der Waals surface area contributed by atoms with E-state index in [1.165, 1.54) is 6.07 Å². The average Bonchev–Trinajstić information content (AvgIpc) is 2.98. The molecule has 0 radical (unpaired) electrons. The number of hydrogen-bond donors (Lipinski definition) is 1. The number of benzene rings is 1. The minimum atomic E-state index is -0.783. The van der Waals surface area contributed by atoms with Crippen molar-refractivity contribution in [3.8, 4) is 0 Å². The smallest absolute Gasteiger partial charge is 0.308 e. The molecule has 0 spiro atoms. The second-order valence-corrected chi connectivity index (χ2v) is 5.77. The predicted molar refractivity (Wildman–Crippen MR) is 69.2 cm³/mol. The number of rotatable bonds is 3. The number of hydrogen-bond acceptors (Lipinski definition) is 2. The molecule has 0 saturated carbocycles. The van der Waals surface area contributed by atoms with Crippen molar-refractivity contribution in [3.63, 3.8) is 0 Å². The van der Waals surface area contributed by atoms with Crippen LogP contribution in [0.25, 0.3) is 0 Å². The van der Waals surface area contributed by atoms with Crippen LogP contribution in [0.5, 0.6) is 0 Å². The highest BCUT2D eigenvalue weighted by Crippen LogP contribution is 2.46. The van der Waals surface area contributed by atoms with E-state index in [0.717, 1.165) is 25.0 Å². The van der Waals surface area contributed by atoms with Gasteiger partial charge in [-0.1, -0.05) is 0 Å². The maximum Gasteiger partial charge on any atom is 0.308 e. The molecule has 2 bridgehead atoms. The first-order valence-electron chi connectivity index (χ1n) is 6.94. The summed E-state index contributed by atoms with van der Waals surface area (Å²) in [7, 11) is 0. The number of carbonyl (C=O) groups is 1. The van der Waals surface area contributed by atoms with Crippen LogP contribution in [0, 0.1) is 17.6 Å². The Balaban J connectivity index is 1.90. The van der Waals surface area contributed by atoms with Crippen molar-refractivity contribution in [2.24, 2.45) is 5.92 Å². The van der Waals surface area contributed by atoms with Crippen LogP contribution in [-0.2, 0) is 4.79 Å². The Morgan fingerprint density at radius 3 is 2.80 bits per heavy atom. The summed E-state index contributed by atoms with van der Waals surface area (Å²) >= 11 is 0. The third-order valence-electron chi connectivity index (χ3n) is 4.76. The highest BCUT2D eigenvalue weighted by atomic mass is 19.1. The maximum atomic E-state index is 13.9. The lowest BCUT2D eigenvalue weighted by Gasteiger charge is -2.30. The van der Waals surface area contributed by atoms with E-state index in [-0.39, 0.29) is 24.0 Å². The fraction of sp³-hybridized carbons (Fsp3) is 0.533. The molecular weight excluding hydrogens is 264 g/mol. The predicted octanol–water partition coefficient (Wildman–Crippen LogP) is 2.96. The van der Waals surface area contributed by atoms with Crippen molar-refractivity contribution in [1.29, 1.82) is 0 Å². The van der Waals surface area contributed by atoms with Gasteiger partial charge in [0.2, 0.25) is 0 Å². The van der Waals surface area contributed by atoms with Gasteiger partial charge in [0.1, 0.15) is 11.6 Å². The molecule has 3 nitrogen and oxygen atoms in total. The molecule has 1 aromatic rings. The Bertz CT molecular complexity index is 549. The molecule has 0 amide bonds. The van der Waals surface area contributed by atoms with Crippen LogP contribution < -0.4 is 0 Å². The normalized spacial score (nSPS) is 30.6. The first-order valence-corrected chi connectivity index (χ1v) is 6.94. The molecule has 5 heteroatoms. The molecule has 20 heavy (non-hydrogen) atoms. The van der Waals surface area contributed by atoms with Gasteiger partial charge in [-0.25, -0.2) is 8.78 Å². The van der Waals surface area contributed by atoms with Gasteiger partial charge >= 0.3 is 5.97 Å². The second kappa shape index (κ2) is 4.81. The summed E-state index contributed by atoms with van der Waals surface area (Å²) in [5.41, 5.74) is 0.313. The van der Waals surface area contributed by atoms with Crippen molar-refractivity contribution in [2.75, 3.05) is 0 Å². The minimum absolute atomic E-state index is 0.0600. The molecule has 108 valence electrons. The largest absolute Gasteiger partial charge is 0.481 e. The molecule has 4 atom stereocenters. The average molecular weight is 281 g/mol. The molecule has 0 aliphatic carbocycles. The minimum Gasteiger partial charge on any atom is -0.481 e. The number of fused-ring (bicyclic) bond motifs is 2. The van der Waals surface area contributed by atoms with E-state index in [2.05, 4.69) is 4.90 Å². The SMILES string of the molecule is CC(c1cc(F)ccc1F)N1C2CCC1C(C(=O)O)C2. The number of carboxylic acids is 1. The fourth-order valence-corrected chi connectivity index (χ4v) is 3.90. The molecule has 0 aromatic heterocycles. The zero-order chi connectivity index (χ0) is 14.4. The van der Waals surface area contributed by atoms with E-state index < -0.39 is 17.6 Å². The molecule has 2 aliphatic rings. The van der Waals surface area contributed by atoms with Gasteiger partial charge in [0.05, 0.1) is 5.92 Å². The van der Waals surface area contributed by atoms with Gasteiger partial charge in [-0.2, -0.15) is 0 Å². The summed E-state index contributed by atoms with van der Waals surface area (Å²) in [4.78, 5) is 13.3. The van der Waals surface area contributed by atoms with E-state index in [0.29, 0.717) is 12.0 Å². The zero-order valence-electron chi connectivity index (χ0n) is 11.2. The summed E-state index contributed by atoms with van der Waals surface area (Å²) in [5.74, 6) is -2.06. The van der Waals surface area contributed by atoms with E-state index >= 15 is 0 Å². The quantitative estimate of drug-likeness (QED) is 0.926. The number of aliphatic carboxylic acids is 1. The molecule has 2 saturated heterocycles. The van der Waals surface area contributed by atoms with E-state index in [4.69, 9.17) is 0 Å². The van der Waals surface area contributed by atoms with E-state index in [9.17, 15) is 18.7 Å². The molecule has 1 N–H and O–H groups in total. The highest BCUT2D eigenvalue weighted by Gasteiger charge is 2.51. The van der Waals surface area contributed by atoms with E-state index in [1.54, 1.807) is 0 Å². The van der Waals surface area contributed by atoms with Crippen molar-refractivity contribution in [1.82, 2.24) is 4.90 Å². The van der Waals surface area contributed by atoms with E-state index in [1.807, 2.05) is 6.92 Å². The third-order valence-corrected chi connectivity index (χ3v) is 4.76. The topological polar surface area (TPSA) is 40.5 Å².